The number of rotatable bonds is 7. The number of carbonyl (C=O) groups excluding carboxylic acids is 1. The Hall–Kier alpha value is -3.17. The van der Waals surface area contributed by atoms with Gasteiger partial charge in [0, 0.05) is 28.4 Å². The van der Waals surface area contributed by atoms with E-state index in [1.54, 1.807) is 6.08 Å². The molecule has 0 bridgehead atoms. The summed E-state index contributed by atoms with van der Waals surface area (Å²) in [7, 11) is 0. The standard InChI is InChI=1S/C38H48O5/c1-26(17-18-33-28(3)21-30(39)23-35(33,4)5)14-11-9-10-12-15-27(2)20-32-22-29(34(41)42-32)16-13-19-38-36(6,7)24-31(40)25-37(38,8)43-38/h9-15,19-20,22,30-31,39-40H,16,21,23-25H2,1-8H3/b11-9+,12-10+,19-13?,26-14+,27-15?,32-20?. The summed E-state index contributed by atoms with van der Waals surface area (Å²) in [6.07, 6.45) is 22.1. The Balaban J connectivity index is 1.31. The van der Waals surface area contributed by atoms with E-state index in [-0.39, 0.29) is 34.6 Å². The second-order valence-electron chi connectivity index (χ2n) is 14.1. The first-order valence-corrected chi connectivity index (χ1v) is 15.4. The first-order chi connectivity index (χ1) is 20.1. The van der Waals surface area contributed by atoms with Crippen molar-refractivity contribution >= 4 is 5.97 Å². The van der Waals surface area contributed by atoms with Crippen molar-refractivity contribution < 1.29 is 24.5 Å². The summed E-state index contributed by atoms with van der Waals surface area (Å²) in [6, 6.07) is 0. The van der Waals surface area contributed by atoms with E-state index in [2.05, 4.69) is 59.5 Å². The lowest BCUT2D eigenvalue weighted by molar-refractivity contribution is -0.133. The average molecular weight is 585 g/mol. The van der Waals surface area contributed by atoms with E-state index in [1.807, 2.05) is 62.5 Å². The van der Waals surface area contributed by atoms with Gasteiger partial charge < -0.3 is 19.7 Å². The number of aliphatic hydroxyl groups excluding tert-OH is 2. The topological polar surface area (TPSA) is 79.3 Å². The predicted molar refractivity (Wildman–Crippen MR) is 173 cm³/mol. The van der Waals surface area contributed by atoms with Gasteiger partial charge in [0.2, 0.25) is 0 Å². The van der Waals surface area contributed by atoms with Gasteiger partial charge in [-0.05, 0) is 76.7 Å². The maximum absolute atomic E-state index is 12.5. The number of fused-ring (bicyclic) bond motifs is 1. The molecular weight excluding hydrogens is 536 g/mol. The largest absolute Gasteiger partial charge is 0.423 e. The van der Waals surface area contributed by atoms with Crippen molar-refractivity contribution in [1.82, 2.24) is 0 Å². The highest BCUT2D eigenvalue weighted by Crippen LogP contribution is 2.66. The van der Waals surface area contributed by atoms with Crippen LogP contribution in [0.1, 0.15) is 87.5 Å². The molecule has 4 unspecified atom stereocenters. The van der Waals surface area contributed by atoms with Crippen LogP contribution in [-0.4, -0.2) is 39.6 Å². The van der Waals surface area contributed by atoms with Gasteiger partial charge in [0.25, 0.3) is 0 Å². The molecule has 0 aromatic carbocycles. The van der Waals surface area contributed by atoms with Crippen LogP contribution in [0.5, 0.6) is 0 Å². The molecule has 230 valence electrons. The maximum atomic E-state index is 12.5. The number of cyclic esters (lactones) is 1. The highest BCUT2D eigenvalue weighted by Gasteiger charge is 2.74. The van der Waals surface area contributed by atoms with E-state index in [0.29, 0.717) is 37.0 Å². The number of hydrogen-bond donors (Lipinski definition) is 2. The van der Waals surface area contributed by atoms with Crippen molar-refractivity contribution in [1.29, 1.82) is 0 Å². The number of allylic oxidation sites excluding steroid dienone is 12. The molecule has 5 nitrogen and oxygen atoms in total. The van der Waals surface area contributed by atoms with Gasteiger partial charge in [-0.3, -0.25) is 0 Å². The first-order valence-electron chi connectivity index (χ1n) is 15.4. The van der Waals surface area contributed by atoms with Crippen molar-refractivity contribution in [2.45, 2.75) is 111 Å². The molecule has 2 aliphatic heterocycles. The molecular formula is C38H48O5. The Labute approximate surface area is 258 Å². The molecule has 0 aromatic heterocycles. The lowest BCUT2D eigenvalue weighted by atomic mass is 9.63. The van der Waals surface area contributed by atoms with Crippen molar-refractivity contribution in [3.05, 3.63) is 94.4 Å². The fourth-order valence-electron chi connectivity index (χ4n) is 7.16. The SMILES string of the molecule is CC(=C/C=C/C=C/C=C(\C)C#CC1=C(C)CC(O)CC1(C)C)C=C1C=C(CC=CC23OC2(C)CC(O)CC3(C)C)C(=O)O1. The van der Waals surface area contributed by atoms with Crippen LogP contribution in [0.25, 0.3) is 0 Å². The number of aliphatic hydroxyl groups is 2. The zero-order valence-electron chi connectivity index (χ0n) is 27.1. The number of hydrogen-bond acceptors (Lipinski definition) is 5. The van der Waals surface area contributed by atoms with Crippen LogP contribution in [0, 0.1) is 22.7 Å². The lowest BCUT2D eigenvalue weighted by Gasteiger charge is -2.39. The monoisotopic (exact) mass is 584 g/mol. The van der Waals surface area contributed by atoms with Crippen LogP contribution in [0.4, 0.5) is 0 Å². The summed E-state index contributed by atoms with van der Waals surface area (Å²) >= 11 is 0. The summed E-state index contributed by atoms with van der Waals surface area (Å²) in [6.45, 7) is 16.6. The molecule has 5 heteroatoms. The molecule has 0 aromatic rings. The Kier molecular flexibility index (Phi) is 9.47. The van der Waals surface area contributed by atoms with Crippen LogP contribution in [0.3, 0.4) is 0 Å². The summed E-state index contributed by atoms with van der Waals surface area (Å²) in [5.41, 5.74) is 3.81. The van der Waals surface area contributed by atoms with Crippen LogP contribution < -0.4 is 0 Å². The number of ether oxygens (including phenoxy) is 2. The molecule has 4 rings (SSSR count). The lowest BCUT2D eigenvalue weighted by Crippen LogP contribution is -2.46. The smallest absolute Gasteiger partial charge is 0.339 e. The van der Waals surface area contributed by atoms with Crippen LogP contribution in [0.15, 0.2) is 94.4 Å². The molecule has 4 aliphatic rings. The highest BCUT2D eigenvalue weighted by atomic mass is 16.6. The number of esters is 1. The van der Waals surface area contributed by atoms with Crippen molar-refractivity contribution in [3.63, 3.8) is 0 Å². The quantitative estimate of drug-likeness (QED) is 0.106. The fraction of sp³-hybridized carbons (Fsp3) is 0.500. The highest BCUT2D eigenvalue weighted by molar-refractivity contribution is 5.93. The van der Waals surface area contributed by atoms with Gasteiger partial charge in [0.15, 0.2) is 0 Å². The molecule has 1 saturated carbocycles. The molecule has 0 spiro atoms. The van der Waals surface area contributed by atoms with E-state index in [9.17, 15) is 15.0 Å². The Morgan fingerprint density at radius 3 is 2.37 bits per heavy atom. The van der Waals surface area contributed by atoms with Crippen molar-refractivity contribution in [2.75, 3.05) is 0 Å². The number of epoxide rings is 1. The predicted octanol–water partition coefficient (Wildman–Crippen LogP) is 7.51. The first kappa shape index (κ1) is 32.7. The maximum Gasteiger partial charge on any atom is 0.339 e. The molecule has 4 atom stereocenters. The molecule has 2 heterocycles. The summed E-state index contributed by atoms with van der Waals surface area (Å²) < 4.78 is 11.7. The van der Waals surface area contributed by atoms with Crippen LogP contribution >= 0.6 is 0 Å². The Morgan fingerprint density at radius 1 is 1.00 bits per heavy atom. The van der Waals surface area contributed by atoms with E-state index < -0.39 is 5.60 Å². The zero-order valence-corrected chi connectivity index (χ0v) is 27.1. The summed E-state index contributed by atoms with van der Waals surface area (Å²) in [4.78, 5) is 12.5. The normalized spacial score (nSPS) is 33.2. The van der Waals surface area contributed by atoms with Crippen LogP contribution in [0.2, 0.25) is 0 Å². The van der Waals surface area contributed by atoms with Crippen molar-refractivity contribution in [2.24, 2.45) is 10.8 Å². The van der Waals surface area contributed by atoms with Gasteiger partial charge in [-0.2, -0.15) is 0 Å². The van der Waals surface area contributed by atoms with Gasteiger partial charge in [-0.25, -0.2) is 4.79 Å². The molecule has 2 aliphatic carbocycles. The van der Waals surface area contributed by atoms with E-state index in [4.69, 9.17) is 9.47 Å². The molecule has 43 heavy (non-hydrogen) atoms. The Morgan fingerprint density at radius 2 is 1.70 bits per heavy atom. The van der Waals surface area contributed by atoms with Crippen molar-refractivity contribution in [3.8, 4) is 11.8 Å². The third-order valence-electron chi connectivity index (χ3n) is 9.17. The van der Waals surface area contributed by atoms with E-state index in [0.717, 1.165) is 23.1 Å². The summed E-state index contributed by atoms with van der Waals surface area (Å²) in [5, 5.41) is 20.3. The van der Waals surface area contributed by atoms with Gasteiger partial charge in [-0.1, -0.05) is 93.7 Å². The number of carbonyl (C=O) groups is 1. The molecule has 0 radical (unpaired) electrons. The van der Waals surface area contributed by atoms with Crippen LogP contribution in [-0.2, 0) is 14.3 Å². The fourth-order valence-corrected chi connectivity index (χ4v) is 7.16. The second-order valence-corrected chi connectivity index (χ2v) is 14.1. The van der Waals surface area contributed by atoms with Gasteiger partial charge in [0.1, 0.15) is 17.0 Å². The minimum Gasteiger partial charge on any atom is -0.423 e. The van der Waals surface area contributed by atoms with Gasteiger partial charge in [0.05, 0.1) is 12.2 Å². The van der Waals surface area contributed by atoms with Gasteiger partial charge >= 0.3 is 5.97 Å². The third kappa shape index (κ3) is 7.32. The molecule has 2 fully saturated rings. The molecule has 1 saturated heterocycles. The van der Waals surface area contributed by atoms with Gasteiger partial charge in [-0.15, -0.1) is 0 Å². The minimum atomic E-state index is -0.405. The van der Waals surface area contributed by atoms with E-state index in [1.165, 1.54) is 5.57 Å². The Bertz CT molecular complexity index is 1440. The van der Waals surface area contributed by atoms with E-state index >= 15 is 0 Å². The summed E-state index contributed by atoms with van der Waals surface area (Å²) in [5.74, 6) is 6.83. The average Bonchev–Trinajstić information content (AvgIpc) is 3.34. The second kappa shape index (κ2) is 12.4. The third-order valence-corrected chi connectivity index (χ3v) is 9.17. The minimum absolute atomic E-state index is 0.107. The molecule has 2 N–H and O–H groups in total. The molecule has 0 amide bonds. The zero-order chi connectivity index (χ0) is 31.6.